The second-order valence-corrected chi connectivity index (χ2v) is 4.57. The van der Waals surface area contributed by atoms with Crippen molar-refractivity contribution in [3.05, 3.63) is 28.5 Å². The van der Waals surface area contributed by atoms with Crippen LogP contribution in [0.2, 0.25) is 5.02 Å². The zero-order chi connectivity index (χ0) is 14.9. The predicted octanol–water partition coefficient (Wildman–Crippen LogP) is 3.29. The number of alkyl carbamates (subject to hydrolysis) is 1. The highest BCUT2D eigenvalue weighted by Crippen LogP contribution is 2.38. The van der Waals surface area contributed by atoms with E-state index in [1.165, 1.54) is 0 Å². The minimum atomic E-state index is -3.36. The largest absolute Gasteiger partial charge is 0.489 e. The number of alkyl halides is 2. The number of hydrogen-bond acceptors (Lipinski definition) is 3. The van der Waals surface area contributed by atoms with Crippen LogP contribution in [0.1, 0.15) is 18.5 Å². The predicted molar refractivity (Wildman–Crippen MR) is 64.8 cm³/mol. The summed E-state index contributed by atoms with van der Waals surface area (Å²) >= 11 is 5.81. The van der Waals surface area contributed by atoms with Gasteiger partial charge in [0, 0.05) is 0 Å². The summed E-state index contributed by atoms with van der Waals surface area (Å²) < 4.78 is 50.4. The maximum atomic E-state index is 13.8. The van der Waals surface area contributed by atoms with Gasteiger partial charge in [-0.3, -0.25) is 0 Å². The quantitative estimate of drug-likeness (QED) is 0.932. The molecule has 1 fully saturated rings. The summed E-state index contributed by atoms with van der Waals surface area (Å²) in [6, 6.07) is 0.298. The molecule has 1 heterocycles. The summed E-state index contributed by atoms with van der Waals surface area (Å²) in [6.45, 7) is 0.743. The molecular formula is C12H11ClF3NO3. The van der Waals surface area contributed by atoms with Crippen molar-refractivity contribution >= 4 is 17.7 Å². The fraction of sp³-hybridized carbons (Fsp3) is 0.417. The fourth-order valence-electron chi connectivity index (χ4n) is 1.87. The molecule has 0 aromatic heterocycles. The van der Waals surface area contributed by atoms with E-state index in [9.17, 15) is 18.0 Å². The summed E-state index contributed by atoms with van der Waals surface area (Å²) in [6.07, 6.45) is -0.994. The monoisotopic (exact) mass is 309 g/mol. The van der Waals surface area contributed by atoms with Crippen LogP contribution in [-0.4, -0.2) is 25.2 Å². The maximum Gasteiger partial charge on any atom is 0.408 e. The second-order valence-electron chi connectivity index (χ2n) is 4.16. The van der Waals surface area contributed by atoms with Gasteiger partial charge in [0.25, 0.3) is 0 Å². The SMILES string of the molecule is CCOc1c(F)cc([C@H]2NC(=O)OCC2(F)F)cc1Cl. The Hall–Kier alpha value is -1.63. The summed E-state index contributed by atoms with van der Waals surface area (Å²) in [5, 5.41) is 1.81. The lowest BCUT2D eigenvalue weighted by molar-refractivity contribution is -0.104. The first-order chi connectivity index (χ1) is 9.35. The lowest BCUT2D eigenvalue weighted by atomic mass is 10.00. The normalized spacial score (nSPS) is 21.1. The molecule has 4 nitrogen and oxygen atoms in total. The van der Waals surface area contributed by atoms with Crippen molar-refractivity contribution in [2.24, 2.45) is 0 Å². The van der Waals surface area contributed by atoms with Gasteiger partial charge in [0.1, 0.15) is 6.04 Å². The number of carbonyl (C=O) groups is 1. The molecule has 1 aromatic rings. The first kappa shape index (κ1) is 14.8. The van der Waals surface area contributed by atoms with Gasteiger partial charge in [0.05, 0.1) is 11.6 Å². The van der Waals surface area contributed by atoms with E-state index < -0.39 is 30.5 Å². The zero-order valence-corrected chi connectivity index (χ0v) is 11.1. The van der Waals surface area contributed by atoms with Crippen LogP contribution in [0.3, 0.4) is 0 Å². The van der Waals surface area contributed by atoms with Gasteiger partial charge in [-0.1, -0.05) is 11.6 Å². The molecule has 0 saturated carbocycles. The molecule has 1 aliphatic rings. The Morgan fingerprint density at radius 1 is 1.55 bits per heavy atom. The highest BCUT2D eigenvalue weighted by atomic mass is 35.5. The van der Waals surface area contributed by atoms with Crippen LogP contribution in [-0.2, 0) is 4.74 Å². The van der Waals surface area contributed by atoms with E-state index in [2.05, 4.69) is 4.74 Å². The molecule has 1 amide bonds. The van der Waals surface area contributed by atoms with Crippen LogP contribution in [0.15, 0.2) is 12.1 Å². The number of amides is 1. The summed E-state index contributed by atoms with van der Waals surface area (Å²) in [5.74, 6) is -4.44. The van der Waals surface area contributed by atoms with Crippen LogP contribution in [0, 0.1) is 5.82 Å². The molecular weight excluding hydrogens is 299 g/mol. The topological polar surface area (TPSA) is 47.6 Å². The fourth-order valence-corrected chi connectivity index (χ4v) is 2.14. The average molecular weight is 310 g/mol. The van der Waals surface area contributed by atoms with Crippen LogP contribution >= 0.6 is 11.6 Å². The van der Waals surface area contributed by atoms with Crippen molar-refractivity contribution in [1.82, 2.24) is 5.32 Å². The van der Waals surface area contributed by atoms with Crippen LogP contribution in [0.4, 0.5) is 18.0 Å². The van der Waals surface area contributed by atoms with E-state index in [4.69, 9.17) is 16.3 Å². The van der Waals surface area contributed by atoms with Crippen molar-refractivity contribution in [3.8, 4) is 5.75 Å². The molecule has 0 bridgehead atoms. The number of halogens is 4. The van der Waals surface area contributed by atoms with Crippen molar-refractivity contribution in [2.75, 3.05) is 13.2 Å². The maximum absolute atomic E-state index is 13.8. The first-order valence-corrected chi connectivity index (χ1v) is 6.16. The smallest absolute Gasteiger partial charge is 0.408 e. The Balaban J connectivity index is 2.39. The number of cyclic esters (lactones) is 1. The molecule has 20 heavy (non-hydrogen) atoms. The molecule has 0 aliphatic carbocycles. The third kappa shape index (κ3) is 2.77. The van der Waals surface area contributed by atoms with E-state index in [1.807, 2.05) is 5.32 Å². The van der Waals surface area contributed by atoms with Crippen molar-refractivity contribution in [3.63, 3.8) is 0 Å². The Bertz CT molecular complexity index is 516. The number of ether oxygens (including phenoxy) is 2. The van der Waals surface area contributed by atoms with Gasteiger partial charge in [-0.25, -0.2) is 18.0 Å². The van der Waals surface area contributed by atoms with Crippen LogP contribution in [0.25, 0.3) is 0 Å². The Morgan fingerprint density at radius 3 is 2.85 bits per heavy atom. The van der Waals surface area contributed by atoms with Crippen molar-refractivity contribution in [2.45, 2.75) is 18.9 Å². The average Bonchev–Trinajstić information content (AvgIpc) is 2.36. The molecule has 0 radical (unpaired) electrons. The lowest BCUT2D eigenvalue weighted by Gasteiger charge is -2.32. The Labute approximate surface area is 117 Å². The lowest BCUT2D eigenvalue weighted by Crippen LogP contribution is -2.49. The van der Waals surface area contributed by atoms with E-state index in [-0.39, 0.29) is 22.9 Å². The third-order valence-corrected chi connectivity index (χ3v) is 3.00. The second kappa shape index (κ2) is 5.40. The van der Waals surface area contributed by atoms with Gasteiger partial charge in [0.15, 0.2) is 18.2 Å². The minimum absolute atomic E-state index is 0.140. The molecule has 1 aromatic carbocycles. The number of nitrogens with one attached hydrogen (secondary N) is 1. The van der Waals surface area contributed by atoms with E-state index in [1.54, 1.807) is 6.92 Å². The highest BCUT2D eigenvalue weighted by molar-refractivity contribution is 6.32. The summed E-state index contributed by atoms with van der Waals surface area (Å²) in [5.41, 5.74) is -0.155. The number of rotatable bonds is 3. The van der Waals surface area contributed by atoms with Gasteiger partial charge in [-0.15, -0.1) is 0 Å². The Morgan fingerprint density at radius 2 is 2.25 bits per heavy atom. The third-order valence-electron chi connectivity index (χ3n) is 2.72. The van der Waals surface area contributed by atoms with Gasteiger partial charge < -0.3 is 14.8 Å². The standard InChI is InChI=1S/C12H11ClF3NO3/c1-2-19-9-7(13)3-6(4-8(9)14)10-12(15,16)5-20-11(18)17-10/h3-4,10H,2,5H2,1H3,(H,17,18)/t10-/m1/s1. The first-order valence-electron chi connectivity index (χ1n) is 5.78. The molecule has 1 aliphatic heterocycles. The molecule has 1 saturated heterocycles. The van der Waals surface area contributed by atoms with Crippen molar-refractivity contribution < 1.29 is 27.4 Å². The van der Waals surface area contributed by atoms with Crippen molar-refractivity contribution in [1.29, 1.82) is 0 Å². The number of hydrogen-bond donors (Lipinski definition) is 1. The summed E-state index contributed by atoms with van der Waals surface area (Å²) in [4.78, 5) is 11.1. The molecule has 8 heteroatoms. The van der Waals surface area contributed by atoms with Gasteiger partial charge in [-0.2, -0.15) is 0 Å². The highest BCUT2D eigenvalue weighted by Gasteiger charge is 2.47. The van der Waals surface area contributed by atoms with Gasteiger partial charge >= 0.3 is 12.0 Å². The Kier molecular flexibility index (Phi) is 3.99. The van der Waals surface area contributed by atoms with E-state index in [0.717, 1.165) is 12.1 Å². The number of carbonyl (C=O) groups excluding carboxylic acids is 1. The molecule has 1 atom stereocenters. The van der Waals surface area contributed by atoms with Gasteiger partial charge in [-0.05, 0) is 24.6 Å². The molecule has 0 unspecified atom stereocenters. The molecule has 1 N–H and O–H groups in total. The van der Waals surface area contributed by atoms with Crippen LogP contribution < -0.4 is 10.1 Å². The molecule has 2 rings (SSSR count). The van der Waals surface area contributed by atoms with E-state index in [0.29, 0.717) is 0 Å². The summed E-state index contributed by atoms with van der Waals surface area (Å²) in [7, 11) is 0. The minimum Gasteiger partial charge on any atom is -0.489 e. The van der Waals surface area contributed by atoms with Gasteiger partial charge in [0.2, 0.25) is 0 Å². The zero-order valence-electron chi connectivity index (χ0n) is 10.4. The molecule has 0 spiro atoms. The molecule has 110 valence electrons. The number of benzene rings is 1. The van der Waals surface area contributed by atoms with E-state index >= 15 is 0 Å². The van der Waals surface area contributed by atoms with Crippen LogP contribution in [0.5, 0.6) is 5.75 Å².